The van der Waals surface area contributed by atoms with E-state index in [-0.39, 0.29) is 76.8 Å². The molecule has 0 aliphatic carbocycles. The fraction of sp³-hybridized carbons (Fsp3) is 0.529. The molecule has 10 atom stereocenters. The third kappa shape index (κ3) is 17.6. The van der Waals surface area contributed by atoms with Crippen LogP contribution in [0.15, 0.2) is 54.6 Å². The third-order valence-corrected chi connectivity index (χ3v) is 13.6. The number of nitrogens with one attached hydrogen (secondary N) is 8. The number of aliphatic hydroxyl groups excluding tert-OH is 3. The summed E-state index contributed by atoms with van der Waals surface area (Å²) in [7, 11) is 0. The van der Waals surface area contributed by atoms with Gasteiger partial charge in [-0.05, 0) is 74.8 Å². The number of carbonyl (C=O) groups is 12. The molecular weight excluding hydrogens is 1050 g/mol. The molecule has 3 fully saturated rings. The molecule has 3 aliphatic heterocycles. The predicted molar refractivity (Wildman–Crippen MR) is 277 cm³/mol. The number of phenolic OH excluding ortho intramolecular Hbond substituents is 1. The normalized spacial score (nSPS) is 26.5. The minimum absolute atomic E-state index is 0.00445. The molecule has 29 heteroatoms. The number of benzene rings is 2. The van der Waals surface area contributed by atoms with Gasteiger partial charge in [-0.25, -0.2) is 0 Å². The standard InChI is InChI=1S/C51H70N12O17/c52-17-5-4-10-30-50(79)62-18-6-12-39(62)49(78)60-36(25-65)47(76)57-34(23-41(69)70)45(74)55-31(20-27-8-2-1-3-9-27)43(72)61-37(26-66)51(80)63-19-7-11-38(63)48(77)58-32(21-28-13-15-29(67)16-14-28)42(71)59-35(24-64)46(75)56-33(22-40(53)68)44(73)54-30/h1-3,8-9,13-16,30-39,64-67H,4-7,10-12,17-26,52H2,(H2,53,68)(H,54,73)(H,55,74)(H,56,75)(H,57,76)(H,58,77)(H,59,71)(H,60,78)(H,61,72)(H,69,70)/t30-,31-,32+,33-,34-,35-,36-,37-,38-,39-/m0/s1. The maximum Gasteiger partial charge on any atom is 0.305 e. The first-order chi connectivity index (χ1) is 38.2. The predicted octanol–water partition coefficient (Wildman–Crippen LogP) is -6.49. The van der Waals surface area contributed by atoms with E-state index in [9.17, 15) is 83.1 Å². The molecule has 11 amide bonds. The number of nitrogens with zero attached hydrogens (tertiary/aromatic N) is 2. The molecule has 2 aromatic carbocycles. The number of aromatic hydroxyl groups is 1. The van der Waals surface area contributed by atoms with Gasteiger partial charge in [-0.3, -0.25) is 57.5 Å². The van der Waals surface area contributed by atoms with Crippen LogP contribution in [0, 0.1) is 0 Å². The molecule has 436 valence electrons. The van der Waals surface area contributed by atoms with Crippen LogP contribution < -0.4 is 54.0 Å². The van der Waals surface area contributed by atoms with E-state index in [0.717, 1.165) is 9.80 Å². The van der Waals surface area contributed by atoms with E-state index in [1.807, 2.05) is 0 Å². The number of fused-ring (bicyclic) bond motifs is 2. The molecule has 80 heavy (non-hydrogen) atoms. The van der Waals surface area contributed by atoms with Crippen LogP contribution in [0.2, 0.25) is 0 Å². The van der Waals surface area contributed by atoms with E-state index in [4.69, 9.17) is 11.5 Å². The Balaban J connectivity index is 1.55. The first kappa shape index (κ1) is 62.6. The maximum absolute atomic E-state index is 14.4. The largest absolute Gasteiger partial charge is 0.508 e. The van der Waals surface area contributed by atoms with Gasteiger partial charge in [0.2, 0.25) is 65.0 Å². The molecular formula is C51H70N12O17. The average Bonchev–Trinajstić information content (AvgIpc) is 4.17. The summed E-state index contributed by atoms with van der Waals surface area (Å²) in [5.74, 6) is -13.6. The number of unbranched alkanes of at least 4 members (excludes halogenated alkanes) is 1. The number of rotatable bonds is 15. The minimum Gasteiger partial charge on any atom is -0.508 e. The maximum atomic E-state index is 14.4. The Kier molecular flexibility index (Phi) is 23.6. The Morgan fingerprint density at radius 1 is 0.487 bits per heavy atom. The van der Waals surface area contributed by atoms with Gasteiger partial charge in [0.05, 0.1) is 32.7 Å². The van der Waals surface area contributed by atoms with Crippen molar-refractivity contribution in [1.29, 1.82) is 0 Å². The Morgan fingerprint density at radius 2 is 0.875 bits per heavy atom. The van der Waals surface area contributed by atoms with E-state index in [1.165, 1.54) is 24.3 Å². The van der Waals surface area contributed by atoms with Gasteiger partial charge in [0.1, 0.15) is 66.2 Å². The van der Waals surface area contributed by atoms with Crippen molar-refractivity contribution < 1.29 is 83.1 Å². The number of aliphatic hydroxyl groups is 3. The van der Waals surface area contributed by atoms with E-state index in [1.54, 1.807) is 30.3 Å². The van der Waals surface area contributed by atoms with Gasteiger partial charge in [-0.1, -0.05) is 42.5 Å². The van der Waals surface area contributed by atoms with Crippen molar-refractivity contribution in [2.45, 2.75) is 131 Å². The number of aliphatic carboxylic acids is 1. The van der Waals surface area contributed by atoms with E-state index in [0.29, 0.717) is 17.5 Å². The quantitative estimate of drug-likeness (QED) is 0.0738. The lowest BCUT2D eigenvalue weighted by Crippen LogP contribution is -2.62. The molecule has 3 heterocycles. The average molecular weight is 1120 g/mol. The van der Waals surface area contributed by atoms with Crippen LogP contribution in [0.4, 0.5) is 0 Å². The Morgan fingerprint density at radius 3 is 1.35 bits per heavy atom. The number of carbonyl (C=O) groups excluding carboxylic acids is 11. The second-order valence-corrected chi connectivity index (χ2v) is 19.5. The highest BCUT2D eigenvalue weighted by Crippen LogP contribution is 2.22. The van der Waals surface area contributed by atoms with Crippen molar-refractivity contribution in [3.05, 3.63) is 65.7 Å². The highest BCUT2D eigenvalue weighted by molar-refractivity contribution is 6.01. The van der Waals surface area contributed by atoms with Crippen LogP contribution in [0.3, 0.4) is 0 Å². The smallest absolute Gasteiger partial charge is 0.305 e. The van der Waals surface area contributed by atoms with Gasteiger partial charge in [0, 0.05) is 25.9 Å². The fourth-order valence-corrected chi connectivity index (χ4v) is 9.43. The van der Waals surface area contributed by atoms with Gasteiger partial charge in [-0.2, -0.15) is 0 Å². The number of carboxylic acid groups (broad SMARTS) is 1. The summed E-state index contributed by atoms with van der Waals surface area (Å²) in [6.07, 6.45) is -1.63. The summed E-state index contributed by atoms with van der Waals surface area (Å²) in [6.45, 7) is -3.26. The molecule has 0 aromatic heterocycles. The topological polar surface area (TPSA) is 461 Å². The number of primary amides is 1. The highest BCUT2D eigenvalue weighted by Gasteiger charge is 2.43. The van der Waals surface area contributed by atoms with Crippen molar-refractivity contribution in [2.75, 3.05) is 39.5 Å². The van der Waals surface area contributed by atoms with E-state index in [2.05, 4.69) is 42.5 Å². The molecule has 0 unspecified atom stereocenters. The lowest BCUT2D eigenvalue weighted by atomic mass is 10.0. The highest BCUT2D eigenvalue weighted by atomic mass is 16.4. The second-order valence-electron chi connectivity index (χ2n) is 19.5. The first-order valence-electron chi connectivity index (χ1n) is 26.1. The van der Waals surface area contributed by atoms with E-state index >= 15 is 0 Å². The first-order valence-corrected chi connectivity index (χ1v) is 26.1. The monoisotopic (exact) mass is 1120 g/mol. The van der Waals surface area contributed by atoms with Gasteiger partial charge in [0.15, 0.2) is 0 Å². The molecule has 0 saturated carbocycles. The summed E-state index contributed by atoms with van der Waals surface area (Å²) >= 11 is 0. The summed E-state index contributed by atoms with van der Waals surface area (Å²) in [5, 5.41) is 70.0. The SMILES string of the molecule is NCCCC[C@@H]1NC(=O)[C@H](CC(N)=O)NC(=O)[C@H](CO)NC(=O)[C@@H](Cc2ccc(O)cc2)NC(=O)[C@@H]2CCCN2C(=O)[C@H](CO)NC(=O)[C@H](Cc2ccccc2)NC(=O)[C@H](CC(=O)O)NC(=O)[C@H](CO)NC(=O)[C@@H]2CCCN2C1=O. The lowest BCUT2D eigenvalue weighted by Gasteiger charge is -2.31. The van der Waals surface area contributed by atoms with Crippen LogP contribution in [-0.4, -0.2) is 206 Å². The summed E-state index contributed by atoms with van der Waals surface area (Å²) in [4.78, 5) is 167. The Hall–Kier alpha value is -8.28. The van der Waals surface area contributed by atoms with Crippen molar-refractivity contribution >= 4 is 70.9 Å². The van der Waals surface area contributed by atoms with Crippen LogP contribution in [0.1, 0.15) is 68.9 Å². The summed E-state index contributed by atoms with van der Waals surface area (Å²) in [6, 6.07) is -3.19. The Labute approximate surface area is 458 Å². The molecule has 3 aliphatic rings. The molecule has 17 N–H and O–H groups in total. The number of carboxylic acids is 1. The molecule has 0 spiro atoms. The van der Waals surface area contributed by atoms with E-state index < -0.39 is 164 Å². The second kappa shape index (κ2) is 30.2. The van der Waals surface area contributed by atoms with Crippen molar-refractivity contribution in [2.24, 2.45) is 11.5 Å². The number of phenols is 1. The van der Waals surface area contributed by atoms with Gasteiger partial charge in [-0.15, -0.1) is 0 Å². The van der Waals surface area contributed by atoms with Gasteiger partial charge in [0.25, 0.3) is 0 Å². The number of hydrogen-bond donors (Lipinski definition) is 15. The van der Waals surface area contributed by atoms with Crippen molar-refractivity contribution in [3.8, 4) is 5.75 Å². The zero-order valence-electron chi connectivity index (χ0n) is 43.7. The zero-order valence-corrected chi connectivity index (χ0v) is 43.7. The molecule has 0 radical (unpaired) electrons. The summed E-state index contributed by atoms with van der Waals surface area (Å²) in [5.41, 5.74) is 12.0. The van der Waals surface area contributed by atoms with Crippen LogP contribution in [0.5, 0.6) is 5.75 Å². The van der Waals surface area contributed by atoms with Crippen LogP contribution in [0.25, 0.3) is 0 Å². The number of hydrogen-bond acceptors (Lipinski definition) is 17. The third-order valence-electron chi connectivity index (χ3n) is 13.6. The van der Waals surface area contributed by atoms with Crippen molar-refractivity contribution in [1.82, 2.24) is 52.3 Å². The van der Waals surface area contributed by atoms with Crippen LogP contribution >= 0.6 is 0 Å². The molecule has 3 saturated heterocycles. The van der Waals surface area contributed by atoms with Gasteiger partial charge >= 0.3 is 5.97 Å². The fourth-order valence-electron chi connectivity index (χ4n) is 9.43. The van der Waals surface area contributed by atoms with Crippen LogP contribution in [-0.2, 0) is 70.4 Å². The zero-order chi connectivity index (χ0) is 58.6. The number of nitrogens with two attached hydrogens (primary N) is 2. The molecule has 5 rings (SSSR count). The van der Waals surface area contributed by atoms with Gasteiger partial charge < -0.3 is 89.3 Å². The molecule has 2 aromatic rings. The van der Waals surface area contributed by atoms with Crippen molar-refractivity contribution in [3.63, 3.8) is 0 Å². The number of amides is 11. The minimum atomic E-state index is -1.98. The lowest BCUT2D eigenvalue weighted by molar-refractivity contribution is -0.144. The summed E-state index contributed by atoms with van der Waals surface area (Å²) < 4.78 is 0. The molecule has 0 bridgehead atoms. The molecule has 29 nitrogen and oxygen atoms in total. The Bertz CT molecular complexity index is 2580.